The Balaban J connectivity index is 1.90. The fraction of sp³-hybridized carbons (Fsp3) is 0.154. The quantitative estimate of drug-likeness (QED) is 0.847. The van der Waals surface area contributed by atoms with Crippen LogP contribution in [-0.2, 0) is 6.54 Å². The molecule has 4 nitrogen and oxygen atoms in total. The number of nitrogens with one attached hydrogen (secondary N) is 2. The molecule has 0 aliphatic heterocycles. The second-order valence-electron chi connectivity index (χ2n) is 3.74. The van der Waals surface area contributed by atoms with Crippen LogP contribution in [0.4, 0.5) is 5.69 Å². The summed E-state index contributed by atoms with van der Waals surface area (Å²) < 4.78 is 10.3. The number of hydrogen-bond acceptors (Lipinski definition) is 3. The van der Waals surface area contributed by atoms with E-state index in [-0.39, 0.29) is 0 Å². The zero-order valence-electron chi connectivity index (χ0n) is 10.3. The van der Waals surface area contributed by atoms with Crippen LogP contribution in [0.5, 0.6) is 5.75 Å². The van der Waals surface area contributed by atoms with Crippen molar-refractivity contribution in [3.05, 3.63) is 47.4 Å². The van der Waals surface area contributed by atoms with E-state index in [4.69, 9.17) is 33.0 Å². The van der Waals surface area contributed by atoms with Gasteiger partial charge in [0.1, 0.15) is 11.5 Å². The van der Waals surface area contributed by atoms with Gasteiger partial charge in [0.2, 0.25) is 0 Å². The fourth-order valence-corrected chi connectivity index (χ4v) is 1.95. The lowest BCUT2D eigenvalue weighted by Gasteiger charge is -2.11. The van der Waals surface area contributed by atoms with E-state index in [1.54, 1.807) is 25.5 Å². The highest BCUT2D eigenvalue weighted by Crippen LogP contribution is 2.27. The largest absolute Gasteiger partial charge is 0.495 e. The molecule has 19 heavy (non-hydrogen) atoms. The third-order valence-corrected chi connectivity index (χ3v) is 2.95. The predicted octanol–water partition coefficient (Wildman–Crippen LogP) is 3.43. The van der Waals surface area contributed by atoms with Gasteiger partial charge in [-0.2, -0.15) is 0 Å². The first-order chi connectivity index (χ1) is 9.19. The lowest BCUT2D eigenvalue weighted by Crippen LogP contribution is -2.27. The Morgan fingerprint density at radius 3 is 2.89 bits per heavy atom. The molecule has 0 amide bonds. The number of halogens is 1. The summed E-state index contributed by atoms with van der Waals surface area (Å²) in [4.78, 5) is 0. The predicted molar refractivity (Wildman–Crippen MR) is 79.8 cm³/mol. The third kappa shape index (κ3) is 3.87. The molecule has 0 radical (unpaired) electrons. The van der Waals surface area contributed by atoms with Crippen molar-refractivity contribution in [3.63, 3.8) is 0 Å². The first-order valence-corrected chi connectivity index (χ1v) is 6.38. The monoisotopic (exact) mass is 296 g/mol. The van der Waals surface area contributed by atoms with Gasteiger partial charge in [-0.1, -0.05) is 11.6 Å². The lowest BCUT2D eigenvalue weighted by molar-refractivity contribution is 0.415. The van der Waals surface area contributed by atoms with E-state index in [2.05, 4.69) is 10.6 Å². The minimum absolute atomic E-state index is 0.498. The molecule has 0 fully saturated rings. The first-order valence-electron chi connectivity index (χ1n) is 5.60. The van der Waals surface area contributed by atoms with Gasteiger partial charge < -0.3 is 19.8 Å². The van der Waals surface area contributed by atoms with Crippen LogP contribution in [0.3, 0.4) is 0 Å². The van der Waals surface area contributed by atoms with Crippen LogP contribution in [0.2, 0.25) is 5.02 Å². The highest BCUT2D eigenvalue weighted by Gasteiger charge is 2.03. The number of rotatable bonds is 4. The number of ether oxygens (including phenoxy) is 1. The maximum atomic E-state index is 6.03. The molecule has 0 saturated carbocycles. The van der Waals surface area contributed by atoms with Gasteiger partial charge in [0.25, 0.3) is 0 Å². The minimum Gasteiger partial charge on any atom is -0.495 e. The highest BCUT2D eigenvalue weighted by molar-refractivity contribution is 7.80. The van der Waals surface area contributed by atoms with Gasteiger partial charge in [-0.15, -0.1) is 0 Å². The number of furan rings is 1. The van der Waals surface area contributed by atoms with E-state index < -0.39 is 0 Å². The Bertz CT molecular complexity index is 558. The second-order valence-corrected chi connectivity index (χ2v) is 4.55. The maximum absolute atomic E-state index is 6.03. The van der Waals surface area contributed by atoms with Gasteiger partial charge in [0.05, 0.1) is 24.9 Å². The SMILES string of the molecule is COc1ccc(NC(=S)NCc2ccco2)cc1Cl. The van der Waals surface area contributed by atoms with Crippen molar-refractivity contribution in [3.8, 4) is 5.75 Å². The molecule has 0 atom stereocenters. The molecule has 0 saturated heterocycles. The Hall–Kier alpha value is -1.72. The molecule has 0 aliphatic carbocycles. The number of benzene rings is 1. The summed E-state index contributed by atoms with van der Waals surface area (Å²) in [6.45, 7) is 0.530. The van der Waals surface area contributed by atoms with Gasteiger partial charge in [-0.3, -0.25) is 0 Å². The maximum Gasteiger partial charge on any atom is 0.171 e. The van der Waals surface area contributed by atoms with Crippen molar-refractivity contribution >= 4 is 34.6 Å². The fourth-order valence-electron chi connectivity index (χ4n) is 1.50. The lowest BCUT2D eigenvalue weighted by atomic mass is 10.3. The number of anilines is 1. The number of hydrogen-bond donors (Lipinski definition) is 2. The van der Waals surface area contributed by atoms with Gasteiger partial charge >= 0.3 is 0 Å². The van der Waals surface area contributed by atoms with Crippen molar-refractivity contribution < 1.29 is 9.15 Å². The number of methoxy groups -OCH3 is 1. The molecule has 100 valence electrons. The summed E-state index contributed by atoms with van der Waals surface area (Å²) in [6.07, 6.45) is 1.62. The summed E-state index contributed by atoms with van der Waals surface area (Å²) in [6, 6.07) is 9.07. The minimum atomic E-state index is 0.498. The van der Waals surface area contributed by atoms with Crippen molar-refractivity contribution in [1.29, 1.82) is 0 Å². The molecule has 1 heterocycles. The van der Waals surface area contributed by atoms with Gasteiger partial charge in [0.15, 0.2) is 5.11 Å². The van der Waals surface area contributed by atoms with Crippen LogP contribution in [0.1, 0.15) is 5.76 Å². The normalized spacial score (nSPS) is 10.0. The van der Waals surface area contributed by atoms with Crippen molar-refractivity contribution in [2.24, 2.45) is 0 Å². The van der Waals surface area contributed by atoms with Crippen LogP contribution in [0.15, 0.2) is 41.0 Å². The van der Waals surface area contributed by atoms with Crippen molar-refractivity contribution in [1.82, 2.24) is 5.32 Å². The zero-order chi connectivity index (χ0) is 13.7. The molecule has 2 rings (SSSR count). The van der Waals surface area contributed by atoms with E-state index in [1.165, 1.54) is 0 Å². The summed E-state index contributed by atoms with van der Waals surface area (Å²) >= 11 is 11.2. The molecule has 0 unspecified atom stereocenters. The van der Waals surface area contributed by atoms with Gasteiger partial charge in [-0.25, -0.2) is 0 Å². The van der Waals surface area contributed by atoms with Crippen LogP contribution < -0.4 is 15.4 Å². The van der Waals surface area contributed by atoms with E-state index in [0.29, 0.717) is 22.4 Å². The van der Waals surface area contributed by atoms with Gasteiger partial charge in [-0.05, 0) is 42.5 Å². The molecule has 1 aromatic heterocycles. The summed E-state index contributed by atoms with van der Waals surface area (Å²) in [5, 5.41) is 7.10. The van der Waals surface area contributed by atoms with E-state index >= 15 is 0 Å². The van der Waals surface area contributed by atoms with Crippen molar-refractivity contribution in [2.75, 3.05) is 12.4 Å². The van der Waals surface area contributed by atoms with Crippen LogP contribution in [-0.4, -0.2) is 12.2 Å². The molecule has 1 aromatic carbocycles. The van der Waals surface area contributed by atoms with Crippen LogP contribution in [0.25, 0.3) is 0 Å². The van der Waals surface area contributed by atoms with Gasteiger partial charge in [0, 0.05) is 5.69 Å². The second kappa shape index (κ2) is 6.45. The van der Waals surface area contributed by atoms with Crippen molar-refractivity contribution in [2.45, 2.75) is 6.54 Å². The zero-order valence-corrected chi connectivity index (χ0v) is 11.8. The van der Waals surface area contributed by atoms with E-state index in [1.807, 2.05) is 18.2 Å². The smallest absolute Gasteiger partial charge is 0.171 e. The molecule has 6 heteroatoms. The Labute approximate surface area is 121 Å². The van der Waals surface area contributed by atoms with E-state index in [0.717, 1.165) is 11.4 Å². The summed E-state index contributed by atoms with van der Waals surface area (Å²) in [5.41, 5.74) is 0.794. The molecule has 2 aromatic rings. The van der Waals surface area contributed by atoms with Crippen LogP contribution >= 0.6 is 23.8 Å². The molecular weight excluding hydrogens is 284 g/mol. The molecule has 0 aliphatic rings. The Morgan fingerprint density at radius 2 is 2.26 bits per heavy atom. The summed E-state index contributed by atoms with van der Waals surface area (Å²) in [5.74, 6) is 1.44. The summed E-state index contributed by atoms with van der Waals surface area (Å²) in [7, 11) is 1.57. The standard InChI is InChI=1S/C13H13ClN2O2S/c1-17-12-5-4-9(7-11(12)14)16-13(19)15-8-10-3-2-6-18-10/h2-7H,8H2,1H3,(H2,15,16,19). The molecule has 0 bridgehead atoms. The topological polar surface area (TPSA) is 46.4 Å². The van der Waals surface area contributed by atoms with Crippen LogP contribution in [0, 0.1) is 0 Å². The molecule has 2 N–H and O–H groups in total. The average molecular weight is 297 g/mol. The third-order valence-electron chi connectivity index (χ3n) is 2.41. The average Bonchev–Trinajstić information content (AvgIpc) is 2.90. The first kappa shape index (κ1) is 13.7. The Morgan fingerprint density at radius 1 is 1.42 bits per heavy atom. The van der Waals surface area contributed by atoms with E-state index in [9.17, 15) is 0 Å². The molecular formula is C13H13ClN2O2S. The number of thiocarbonyl (C=S) groups is 1. The highest BCUT2D eigenvalue weighted by atomic mass is 35.5. The molecule has 0 spiro atoms. The Kier molecular flexibility index (Phi) is 4.65.